The molecule has 0 aromatic heterocycles. The van der Waals surface area contributed by atoms with E-state index in [4.69, 9.17) is 9.47 Å². The molecule has 74 valence electrons. The Bertz CT molecular complexity index is 218. The van der Waals surface area contributed by atoms with E-state index in [0.717, 1.165) is 12.8 Å². The Kier molecular flexibility index (Phi) is 3.80. The van der Waals surface area contributed by atoms with Crippen LogP contribution >= 0.6 is 0 Å². The fraction of sp³-hybridized carbons (Fsp3) is 0.700. The molecule has 0 aromatic carbocycles. The maximum atomic E-state index is 11.0. The normalized spacial score (nSPS) is 14.0. The minimum absolute atomic E-state index is 0.311. The predicted octanol–water partition coefficient (Wildman–Crippen LogP) is 2.37. The lowest BCUT2D eigenvalue weighted by Crippen LogP contribution is -2.04. The van der Waals surface area contributed by atoms with Crippen LogP contribution in [0.25, 0.3) is 0 Å². The number of esters is 1. The number of hydrogen-bond acceptors (Lipinski definition) is 3. The van der Waals surface area contributed by atoms with Gasteiger partial charge in [-0.05, 0) is 13.3 Å². The van der Waals surface area contributed by atoms with Gasteiger partial charge in [0.1, 0.15) is 0 Å². The van der Waals surface area contributed by atoms with E-state index in [9.17, 15) is 4.79 Å². The van der Waals surface area contributed by atoms with E-state index in [1.807, 2.05) is 0 Å². The molecule has 0 radical (unpaired) electrons. The quantitative estimate of drug-likeness (QED) is 0.470. The van der Waals surface area contributed by atoms with Gasteiger partial charge < -0.3 is 9.47 Å². The Morgan fingerprint density at radius 3 is 2.62 bits per heavy atom. The molecule has 3 heteroatoms. The van der Waals surface area contributed by atoms with Crippen LogP contribution in [0.3, 0.4) is 0 Å². The fourth-order valence-corrected chi connectivity index (χ4v) is 1.07. The first-order chi connectivity index (χ1) is 6.25. The number of hydrogen-bond donors (Lipinski definition) is 0. The standard InChI is InChI=1S/C10H16O3/c1-3-4-5-6-7-12-10(11)9-8(2)13-9/h3-7H2,1-2H3. The van der Waals surface area contributed by atoms with Crippen molar-refractivity contribution in [1.29, 1.82) is 0 Å². The smallest absolute Gasteiger partial charge is 0.377 e. The van der Waals surface area contributed by atoms with E-state index in [1.165, 1.54) is 12.8 Å². The Morgan fingerprint density at radius 2 is 2.08 bits per heavy atom. The Morgan fingerprint density at radius 1 is 1.38 bits per heavy atom. The van der Waals surface area contributed by atoms with Crippen molar-refractivity contribution >= 4 is 5.97 Å². The van der Waals surface area contributed by atoms with Crippen molar-refractivity contribution in [1.82, 2.24) is 0 Å². The molecule has 1 heterocycles. The Hall–Kier alpha value is -0.990. The molecule has 1 aliphatic rings. The minimum Gasteiger partial charge on any atom is -0.460 e. The largest absolute Gasteiger partial charge is 0.460 e. The summed E-state index contributed by atoms with van der Waals surface area (Å²) in [4.78, 5) is 11.0. The highest BCUT2D eigenvalue weighted by molar-refractivity contribution is 5.90. The molecule has 0 saturated heterocycles. The molecule has 0 aromatic rings. The molecule has 0 saturated carbocycles. The molecule has 13 heavy (non-hydrogen) atoms. The number of rotatable bonds is 6. The van der Waals surface area contributed by atoms with Gasteiger partial charge in [-0.2, -0.15) is 0 Å². The molecule has 1 rings (SSSR count). The van der Waals surface area contributed by atoms with E-state index in [-0.39, 0.29) is 5.97 Å². The van der Waals surface area contributed by atoms with Crippen LogP contribution in [0.1, 0.15) is 39.5 Å². The van der Waals surface area contributed by atoms with Gasteiger partial charge in [0, 0.05) is 0 Å². The van der Waals surface area contributed by atoms with Crippen LogP contribution in [-0.4, -0.2) is 12.6 Å². The van der Waals surface area contributed by atoms with Crippen molar-refractivity contribution in [2.45, 2.75) is 39.5 Å². The molecule has 0 spiro atoms. The topological polar surface area (TPSA) is 38.8 Å². The van der Waals surface area contributed by atoms with Crippen LogP contribution in [0.2, 0.25) is 0 Å². The lowest BCUT2D eigenvalue weighted by atomic mass is 10.2. The number of ether oxygens (including phenoxy) is 2. The maximum Gasteiger partial charge on any atom is 0.377 e. The molecule has 0 atom stereocenters. The zero-order chi connectivity index (χ0) is 9.68. The molecule has 1 aliphatic heterocycles. The molecular formula is C10H16O3. The van der Waals surface area contributed by atoms with Crippen LogP contribution in [0.5, 0.6) is 0 Å². The first-order valence-corrected chi connectivity index (χ1v) is 4.81. The summed E-state index contributed by atoms with van der Waals surface area (Å²) in [7, 11) is 0. The lowest BCUT2D eigenvalue weighted by molar-refractivity contribution is -0.140. The van der Waals surface area contributed by atoms with Crippen molar-refractivity contribution < 1.29 is 14.3 Å². The second kappa shape index (κ2) is 4.90. The molecule has 0 aliphatic carbocycles. The Labute approximate surface area is 78.7 Å². The molecule has 0 unspecified atom stereocenters. The van der Waals surface area contributed by atoms with E-state index >= 15 is 0 Å². The second-order valence-electron chi connectivity index (χ2n) is 3.18. The van der Waals surface area contributed by atoms with Crippen LogP contribution in [0.4, 0.5) is 0 Å². The van der Waals surface area contributed by atoms with Gasteiger partial charge in [-0.25, -0.2) is 4.79 Å². The number of allylic oxidation sites excluding steroid dienone is 1. The third-order valence-corrected chi connectivity index (χ3v) is 1.95. The van der Waals surface area contributed by atoms with Crippen LogP contribution in [0.15, 0.2) is 11.5 Å². The molecular weight excluding hydrogens is 168 g/mol. The highest BCUT2D eigenvalue weighted by Crippen LogP contribution is 2.25. The van der Waals surface area contributed by atoms with Crippen molar-refractivity contribution in [3.63, 3.8) is 0 Å². The average molecular weight is 184 g/mol. The zero-order valence-electron chi connectivity index (χ0n) is 8.26. The van der Waals surface area contributed by atoms with Gasteiger partial charge in [0.2, 0.25) is 5.76 Å². The number of unbranched alkanes of at least 4 members (excludes halogenated alkanes) is 3. The Balaban J connectivity index is 1.97. The van der Waals surface area contributed by atoms with E-state index in [0.29, 0.717) is 18.1 Å². The van der Waals surface area contributed by atoms with E-state index in [2.05, 4.69) is 6.92 Å². The third kappa shape index (κ3) is 3.49. The molecule has 0 bridgehead atoms. The number of carbonyl (C=O) groups is 1. The summed E-state index contributed by atoms with van der Waals surface area (Å²) in [6, 6.07) is 0. The summed E-state index contributed by atoms with van der Waals surface area (Å²) in [5.74, 6) is 0.781. The van der Waals surface area contributed by atoms with Crippen molar-refractivity contribution in [2.24, 2.45) is 0 Å². The number of carbonyl (C=O) groups excluding carboxylic acids is 1. The predicted molar refractivity (Wildman–Crippen MR) is 48.9 cm³/mol. The van der Waals surface area contributed by atoms with Gasteiger partial charge in [-0.1, -0.05) is 26.2 Å². The molecule has 0 amide bonds. The van der Waals surface area contributed by atoms with E-state index in [1.54, 1.807) is 6.92 Å². The summed E-state index contributed by atoms with van der Waals surface area (Å²) < 4.78 is 9.78. The van der Waals surface area contributed by atoms with Crippen molar-refractivity contribution in [3.05, 3.63) is 11.5 Å². The highest BCUT2D eigenvalue weighted by atomic mass is 16.6. The lowest BCUT2D eigenvalue weighted by Gasteiger charge is -1.99. The first kappa shape index (κ1) is 10.1. The van der Waals surface area contributed by atoms with Gasteiger partial charge in [0.15, 0.2) is 5.76 Å². The molecule has 0 N–H and O–H groups in total. The second-order valence-corrected chi connectivity index (χ2v) is 3.18. The molecule has 0 fully saturated rings. The average Bonchev–Trinajstić information content (AvgIpc) is 2.82. The third-order valence-electron chi connectivity index (χ3n) is 1.95. The van der Waals surface area contributed by atoms with Gasteiger partial charge in [-0.15, -0.1) is 0 Å². The van der Waals surface area contributed by atoms with Crippen LogP contribution < -0.4 is 0 Å². The van der Waals surface area contributed by atoms with Gasteiger partial charge >= 0.3 is 5.97 Å². The SMILES string of the molecule is CCCCCCOC(=O)C1=C(C)O1. The maximum absolute atomic E-state index is 11.0. The van der Waals surface area contributed by atoms with Gasteiger partial charge in [0.05, 0.1) is 6.61 Å². The first-order valence-electron chi connectivity index (χ1n) is 4.81. The summed E-state index contributed by atoms with van der Waals surface area (Å²) in [6.07, 6.45) is 4.48. The summed E-state index contributed by atoms with van der Waals surface area (Å²) in [6.45, 7) is 4.42. The minimum atomic E-state index is -0.311. The van der Waals surface area contributed by atoms with Crippen LogP contribution in [0, 0.1) is 0 Å². The van der Waals surface area contributed by atoms with Gasteiger partial charge in [-0.3, -0.25) is 0 Å². The summed E-state index contributed by atoms with van der Waals surface area (Å²) in [5.41, 5.74) is 0. The fourth-order valence-electron chi connectivity index (χ4n) is 1.07. The van der Waals surface area contributed by atoms with Crippen molar-refractivity contribution in [2.75, 3.05) is 6.61 Å². The van der Waals surface area contributed by atoms with Gasteiger partial charge in [0.25, 0.3) is 0 Å². The monoisotopic (exact) mass is 184 g/mol. The highest BCUT2D eigenvalue weighted by Gasteiger charge is 2.29. The molecule has 3 nitrogen and oxygen atoms in total. The summed E-state index contributed by atoms with van der Waals surface area (Å²) in [5, 5.41) is 0. The zero-order valence-corrected chi connectivity index (χ0v) is 8.26. The van der Waals surface area contributed by atoms with Crippen LogP contribution in [-0.2, 0) is 14.3 Å². The van der Waals surface area contributed by atoms with Crippen molar-refractivity contribution in [3.8, 4) is 0 Å². The van der Waals surface area contributed by atoms with E-state index < -0.39 is 0 Å². The summed E-state index contributed by atoms with van der Waals surface area (Å²) >= 11 is 0.